The van der Waals surface area contributed by atoms with Crippen LogP contribution in [0.4, 0.5) is 5.69 Å². The summed E-state index contributed by atoms with van der Waals surface area (Å²) in [5.41, 5.74) is 0.621. The predicted molar refractivity (Wildman–Crippen MR) is 114 cm³/mol. The molecule has 166 valence electrons. The lowest BCUT2D eigenvalue weighted by molar-refractivity contribution is 0.0706. The maximum Gasteiger partial charge on any atom is 0.347 e. The number of piperazine rings is 1. The van der Waals surface area contributed by atoms with E-state index in [2.05, 4.69) is 9.88 Å². The third kappa shape index (κ3) is 3.14. The van der Waals surface area contributed by atoms with Gasteiger partial charge in [0.25, 0.3) is 5.56 Å². The van der Waals surface area contributed by atoms with E-state index in [1.807, 2.05) is 24.3 Å². The number of methoxy groups -OCH3 is 1. The first-order valence-corrected chi connectivity index (χ1v) is 12.1. The molecule has 2 bridgehead atoms. The number of hydrogen-bond donors (Lipinski definition) is 1. The zero-order chi connectivity index (χ0) is 21.9. The van der Waals surface area contributed by atoms with Crippen LogP contribution in [-0.2, 0) is 14.6 Å². The van der Waals surface area contributed by atoms with Gasteiger partial charge in [-0.3, -0.25) is 4.79 Å². The molecular weight excluding hydrogens is 424 g/mol. The highest BCUT2D eigenvalue weighted by Crippen LogP contribution is 2.50. The van der Waals surface area contributed by atoms with Crippen molar-refractivity contribution in [1.82, 2.24) is 9.66 Å². The topological polar surface area (TPSA) is 114 Å². The molecule has 0 amide bonds. The summed E-state index contributed by atoms with van der Waals surface area (Å²) < 4.78 is 36.6. The Morgan fingerprint density at radius 1 is 1.13 bits per heavy atom. The quantitative estimate of drug-likeness (QED) is 0.692. The second kappa shape index (κ2) is 7.13. The summed E-state index contributed by atoms with van der Waals surface area (Å²) in [6, 6.07) is 7.71. The second-order valence-electron chi connectivity index (χ2n) is 8.14. The highest BCUT2D eigenvalue weighted by molar-refractivity contribution is 7.91. The van der Waals surface area contributed by atoms with E-state index in [1.165, 1.54) is 0 Å². The molecule has 2 saturated heterocycles. The van der Waals surface area contributed by atoms with Crippen molar-refractivity contribution in [1.29, 1.82) is 0 Å². The van der Waals surface area contributed by atoms with Crippen LogP contribution in [0.2, 0.25) is 0 Å². The number of aromatic nitrogens is 2. The van der Waals surface area contributed by atoms with Crippen molar-refractivity contribution in [3.05, 3.63) is 56.4 Å². The van der Waals surface area contributed by atoms with E-state index in [-0.39, 0.29) is 12.0 Å². The van der Waals surface area contributed by atoms with Gasteiger partial charge in [-0.05, 0) is 18.6 Å². The highest BCUT2D eigenvalue weighted by Gasteiger charge is 2.52. The van der Waals surface area contributed by atoms with Gasteiger partial charge in [0.1, 0.15) is 18.0 Å². The van der Waals surface area contributed by atoms with E-state index in [1.54, 1.807) is 12.1 Å². The number of aromatic amines is 1. The molecule has 3 aliphatic heterocycles. The molecule has 4 heterocycles. The Hall–Kier alpha value is -2.79. The molecule has 1 aromatic heterocycles. The Bertz CT molecular complexity index is 1250. The third-order valence-electron chi connectivity index (χ3n) is 6.36. The lowest BCUT2D eigenvalue weighted by Crippen LogP contribution is -2.59. The molecule has 0 unspecified atom stereocenters. The third-order valence-corrected chi connectivity index (χ3v) is 7.90. The molecule has 31 heavy (non-hydrogen) atoms. The van der Waals surface area contributed by atoms with Gasteiger partial charge in [0.2, 0.25) is 0 Å². The van der Waals surface area contributed by atoms with E-state index >= 15 is 0 Å². The number of nitrogens with zero attached hydrogens (tertiary/aromatic N) is 3. The lowest BCUT2D eigenvalue weighted by atomic mass is 9.97. The molecule has 5 rings (SSSR count). The van der Waals surface area contributed by atoms with E-state index in [4.69, 9.17) is 9.47 Å². The lowest BCUT2D eigenvalue weighted by Gasteiger charge is -2.37. The first-order chi connectivity index (χ1) is 14.8. The van der Waals surface area contributed by atoms with Crippen LogP contribution >= 0.6 is 0 Å². The van der Waals surface area contributed by atoms with Gasteiger partial charge in [0, 0.05) is 19.3 Å². The molecule has 11 heteroatoms. The molecule has 1 aromatic carbocycles. The largest absolute Gasteiger partial charge is 0.495 e. The minimum Gasteiger partial charge on any atom is -0.495 e. The SMILES string of the molecule is COc1ccccc1N1CCN(n2c(=O)[nH]c3c(c2=O)[C@@H]2O[C@H]3C[C@H]2S(C)(=O)=O)CC1. The van der Waals surface area contributed by atoms with Crippen LogP contribution in [0, 0.1) is 0 Å². The van der Waals surface area contributed by atoms with Gasteiger partial charge in [0.15, 0.2) is 9.84 Å². The maximum absolute atomic E-state index is 13.3. The molecule has 0 aliphatic carbocycles. The van der Waals surface area contributed by atoms with Crippen LogP contribution in [0.25, 0.3) is 0 Å². The zero-order valence-electron chi connectivity index (χ0n) is 17.3. The maximum atomic E-state index is 13.3. The van der Waals surface area contributed by atoms with Crippen molar-refractivity contribution in [3.8, 4) is 5.75 Å². The number of nitrogens with one attached hydrogen (secondary N) is 1. The molecule has 0 radical (unpaired) electrons. The van der Waals surface area contributed by atoms with Crippen molar-refractivity contribution < 1.29 is 17.9 Å². The van der Waals surface area contributed by atoms with Gasteiger partial charge in [-0.15, -0.1) is 0 Å². The summed E-state index contributed by atoms with van der Waals surface area (Å²) in [6.07, 6.45) is 0.0218. The summed E-state index contributed by atoms with van der Waals surface area (Å²) in [5.74, 6) is 0.767. The van der Waals surface area contributed by atoms with Crippen molar-refractivity contribution in [3.63, 3.8) is 0 Å². The average Bonchev–Trinajstić information content (AvgIpc) is 3.33. The van der Waals surface area contributed by atoms with E-state index in [0.717, 1.165) is 22.4 Å². The number of ether oxygens (including phenoxy) is 2. The zero-order valence-corrected chi connectivity index (χ0v) is 18.1. The summed E-state index contributed by atoms with van der Waals surface area (Å²) in [7, 11) is -1.76. The Labute approximate surface area is 178 Å². The molecule has 3 atom stereocenters. The average molecular weight is 449 g/mol. The van der Waals surface area contributed by atoms with Crippen LogP contribution in [0.15, 0.2) is 33.9 Å². The first kappa shape index (κ1) is 20.1. The fourth-order valence-electron chi connectivity index (χ4n) is 4.86. The van der Waals surface area contributed by atoms with Gasteiger partial charge >= 0.3 is 5.69 Å². The summed E-state index contributed by atoms with van der Waals surface area (Å²) in [6.45, 7) is 2.09. The summed E-state index contributed by atoms with van der Waals surface area (Å²) in [4.78, 5) is 31.0. The molecule has 1 N–H and O–H groups in total. The summed E-state index contributed by atoms with van der Waals surface area (Å²) >= 11 is 0. The molecule has 2 fully saturated rings. The number of H-pyrrole nitrogens is 1. The molecular formula is C20H24N4O6S. The Morgan fingerprint density at radius 2 is 1.84 bits per heavy atom. The van der Waals surface area contributed by atoms with Crippen molar-refractivity contribution in [2.45, 2.75) is 23.9 Å². The van der Waals surface area contributed by atoms with Crippen molar-refractivity contribution in [2.75, 3.05) is 49.5 Å². The summed E-state index contributed by atoms with van der Waals surface area (Å²) in [5, 5.41) is 0.939. The van der Waals surface area contributed by atoms with Crippen molar-refractivity contribution in [2.24, 2.45) is 0 Å². The van der Waals surface area contributed by atoms with Gasteiger partial charge in [-0.25, -0.2) is 13.2 Å². The van der Waals surface area contributed by atoms with E-state index in [0.29, 0.717) is 31.9 Å². The number of para-hydroxylation sites is 2. The standard InChI is InChI=1S/C20H24N4O6S/c1-29-13-6-4-3-5-12(13)22-7-9-23(10-8-22)24-19(25)16-17(21-20(24)26)14-11-15(18(16)30-14)31(2,27)28/h3-6,14-15,18H,7-11H2,1-2H3,(H,21,26)/t14-,15+,18+/m0/s1. The normalized spacial score (nSPS) is 25.0. The van der Waals surface area contributed by atoms with E-state index in [9.17, 15) is 18.0 Å². The van der Waals surface area contributed by atoms with E-state index < -0.39 is 38.5 Å². The molecule has 0 saturated carbocycles. The number of fused-ring (bicyclic) bond motifs is 5. The molecule has 2 aromatic rings. The molecule has 3 aliphatic rings. The van der Waals surface area contributed by atoms with Crippen LogP contribution in [0.3, 0.4) is 0 Å². The van der Waals surface area contributed by atoms with Crippen LogP contribution in [0.1, 0.15) is 29.9 Å². The second-order valence-corrected chi connectivity index (χ2v) is 10.4. The van der Waals surface area contributed by atoms with Crippen LogP contribution in [0.5, 0.6) is 5.75 Å². The van der Waals surface area contributed by atoms with Gasteiger partial charge in [-0.2, -0.15) is 4.68 Å². The van der Waals surface area contributed by atoms with Gasteiger partial charge < -0.3 is 24.4 Å². The number of sulfone groups is 1. The van der Waals surface area contributed by atoms with Gasteiger partial charge in [-0.1, -0.05) is 12.1 Å². The Morgan fingerprint density at radius 3 is 2.52 bits per heavy atom. The van der Waals surface area contributed by atoms with Crippen molar-refractivity contribution >= 4 is 15.5 Å². The van der Waals surface area contributed by atoms with Crippen LogP contribution < -0.4 is 25.9 Å². The molecule has 10 nitrogen and oxygen atoms in total. The predicted octanol–water partition coefficient (Wildman–Crippen LogP) is -0.0673. The minimum atomic E-state index is -3.38. The number of benzene rings is 1. The molecule has 0 spiro atoms. The fourth-order valence-corrected chi connectivity index (χ4v) is 6.04. The first-order valence-electron chi connectivity index (χ1n) is 10.2. The van der Waals surface area contributed by atoms with Crippen LogP contribution in [-0.4, -0.2) is 62.9 Å². The fraction of sp³-hybridized carbons (Fsp3) is 0.500. The number of rotatable bonds is 4. The monoisotopic (exact) mass is 448 g/mol. The van der Waals surface area contributed by atoms with Gasteiger partial charge in [0.05, 0.1) is 42.4 Å². The minimum absolute atomic E-state index is 0.257. The highest BCUT2D eigenvalue weighted by atomic mass is 32.2. The number of anilines is 1. The number of hydrogen-bond acceptors (Lipinski definition) is 8. The smallest absolute Gasteiger partial charge is 0.347 e. The Balaban J connectivity index is 1.44. The Kier molecular flexibility index (Phi) is 4.63.